The molecule has 0 aliphatic rings. The van der Waals surface area contributed by atoms with Crippen LogP contribution >= 0.6 is 0 Å². The van der Waals surface area contributed by atoms with Crippen molar-refractivity contribution in [2.24, 2.45) is 34.6 Å². The van der Waals surface area contributed by atoms with Gasteiger partial charge in [0.2, 0.25) is 59.1 Å². The lowest BCUT2D eigenvalue weighted by Gasteiger charge is -2.29. The summed E-state index contributed by atoms with van der Waals surface area (Å²) >= 11 is 0. The molecular formula is C44H77N13O18. The van der Waals surface area contributed by atoms with Crippen molar-refractivity contribution < 1.29 is 87.9 Å². The van der Waals surface area contributed by atoms with Crippen LogP contribution in [0.15, 0.2) is 0 Å². The first-order chi connectivity index (χ1) is 35.0. The quantitative estimate of drug-likeness (QED) is 0.0254. The molecule has 0 radical (unpaired) electrons. The second kappa shape index (κ2) is 35.2. The summed E-state index contributed by atoms with van der Waals surface area (Å²) in [7, 11) is 0. The minimum Gasteiger partial charge on any atom is -0.481 e. The van der Waals surface area contributed by atoms with E-state index in [2.05, 4.69) is 37.2 Å². The van der Waals surface area contributed by atoms with Gasteiger partial charge in [0, 0.05) is 19.3 Å². The minimum absolute atomic E-state index is 0.0264. The van der Waals surface area contributed by atoms with Gasteiger partial charge in [0.05, 0.1) is 24.7 Å². The number of aliphatic carboxylic acids is 3. The normalized spacial score (nSPS) is 15.5. The number of aliphatic hydroxyl groups is 2. The van der Waals surface area contributed by atoms with Gasteiger partial charge < -0.3 is 96.7 Å². The van der Waals surface area contributed by atoms with Crippen LogP contribution < -0.4 is 71.2 Å². The number of hydrogen-bond acceptors (Lipinski definition) is 18. The number of amides is 10. The Bertz CT molecular complexity index is 1990. The lowest BCUT2D eigenvalue weighted by molar-refractivity contribution is -0.144. The predicted octanol–water partition coefficient (Wildman–Crippen LogP) is -7.18. The molecule has 0 fully saturated rings. The van der Waals surface area contributed by atoms with Gasteiger partial charge in [-0.1, -0.05) is 13.8 Å². The summed E-state index contributed by atoms with van der Waals surface area (Å²) in [6, 6.07) is -14.9. The lowest BCUT2D eigenvalue weighted by atomic mass is 10.0. The Morgan fingerprint density at radius 1 is 0.400 bits per heavy atom. The third-order valence-electron chi connectivity index (χ3n) is 11.2. The summed E-state index contributed by atoms with van der Waals surface area (Å²) in [4.78, 5) is 166. The third kappa shape index (κ3) is 27.1. The van der Waals surface area contributed by atoms with Gasteiger partial charge >= 0.3 is 17.9 Å². The Morgan fingerprint density at radius 2 is 0.733 bits per heavy atom. The number of carboxylic acid groups (broad SMARTS) is 3. The maximum absolute atomic E-state index is 14.0. The molecule has 0 aromatic carbocycles. The Morgan fingerprint density at radius 3 is 1.11 bits per heavy atom. The van der Waals surface area contributed by atoms with E-state index in [1.165, 1.54) is 13.8 Å². The summed E-state index contributed by atoms with van der Waals surface area (Å²) < 4.78 is 0. The molecule has 0 aromatic heterocycles. The average molecular weight is 1080 g/mol. The number of nitrogens with one attached hydrogen (secondary N) is 8. The largest absolute Gasteiger partial charge is 0.481 e. The molecule has 10 amide bonds. The monoisotopic (exact) mass is 1080 g/mol. The first-order valence-corrected chi connectivity index (χ1v) is 24.1. The lowest BCUT2D eigenvalue weighted by Crippen LogP contribution is -2.62. The molecule has 0 heterocycles. The second-order valence-electron chi connectivity index (χ2n) is 18.0. The maximum atomic E-state index is 14.0. The van der Waals surface area contributed by atoms with E-state index in [4.69, 9.17) is 33.8 Å². The van der Waals surface area contributed by atoms with Crippen LogP contribution in [0, 0.1) is 5.92 Å². The Balaban J connectivity index is 6.75. The molecule has 0 aromatic rings. The molecule has 0 saturated heterocycles. The van der Waals surface area contributed by atoms with E-state index in [1.807, 2.05) is 5.32 Å². The predicted molar refractivity (Wildman–Crippen MR) is 261 cm³/mol. The molecule has 0 rings (SSSR count). The van der Waals surface area contributed by atoms with Gasteiger partial charge in [-0.05, 0) is 90.6 Å². The molecule has 0 spiro atoms. The van der Waals surface area contributed by atoms with Crippen molar-refractivity contribution in [3.63, 3.8) is 0 Å². The highest BCUT2D eigenvalue weighted by atomic mass is 16.4. The molecule has 31 heteroatoms. The number of nitrogens with two attached hydrogens (primary N) is 5. The topological polar surface area (TPSA) is 549 Å². The highest BCUT2D eigenvalue weighted by Gasteiger charge is 2.37. The molecule has 0 bridgehead atoms. The average Bonchev–Trinajstić information content (AvgIpc) is 3.31. The number of carbonyl (C=O) groups excluding carboxylic acids is 10. The molecule has 11 atom stereocenters. The first-order valence-electron chi connectivity index (χ1n) is 24.1. The molecule has 426 valence electrons. The zero-order valence-corrected chi connectivity index (χ0v) is 42.5. The van der Waals surface area contributed by atoms with Crippen molar-refractivity contribution in [2.45, 2.75) is 178 Å². The summed E-state index contributed by atoms with van der Waals surface area (Å²) in [5.74, 6) is -16.0. The van der Waals surface area contributed by atoms with Crippen LogP contribution in [0.5, 0.6) is 0 Å². The first kappa shape index (κ1) is 67.9. The van der Waals surface area contributed by atoms with Gasteiger partial charge in [-0.15, -0.1) is 0 Å². The fraction of sp³-hybridized carbons (Fsp3) is 0.705. The van der Waals surface area contributed by atoms with Gasteiger partial charge in [0.15, 0.2) is 0 Å². The van der Waals surface area contributed by atoms with E-state index in [0.717, 1.165) is 13.8 Å². The van der Waals surface area contributed by atoms with E-state index in [-0.39, 0.29) is 38.8 Å². The SMILES string of the molecule is CC(C)[C@H](NC(=O)[C@H](CCC(N)=O)NC(=O)[C@H](CCC(=O)O)NC(=O)[C@H](CCCCN)NC(=O)[C@@H](NC(=O)[C@H](CCCCN)NC(=O)[C@@H](N)CCC(=O)O)[C@@H](C)O)C(=O)N[C@H](C(=O)N[C@@H](CC(N)=O)C(=O)O)[C@@H](C)O. The van der Waals surface area contributed by atoms with E-state index in [1.54, 1.807) is 0 Å². The molecule has 0 saturated carbocycles. The minimum atomic E-state index is -1.86. The van der Waals surface area contributed by atoms with Gasteiger partial charge in [0.25, 0.3) is 0 Å². The van der Waals surface area contributed by atoms with Gasteiger partial charge in [-0.2, -0.15) is 0 Å². The molecule has 0 aliphatic heterocycles. The van der Waals surface area contributed by atoms with Crippen molar-refractivity contribution in [2.75, 3.05) is 13.1 Å². The van der Waals surface area contributed by atoms with E-state index < -0.39 is 188 Å². The Labute approximate surface area is 432 Å². The van der Waals surface area contributed by atoms with Crippen molar-refractivity contribution in [3.05, 3.63) is 0 Å². The fourth-order valence-corrected chi connectivity index (χ4v) is 6.87. The second-order valence-corrected chi connectivity index (χ2v) is 18.0. The Kier molecular flexibility index (Phi) is 31.8. The van der Waals surface area contributed by atoms with Crippen molar-refractivity contribution in [3.8, 4) is 0 Å². The van der Waals surface area contributed by atoms with Crippen LogP contribution in [0.1, 0.15) is 111 Å². The van der Waals surface area contributed by atoms with Crippen LogP contribution in [-0.2, 0) is 62.3 Å². The summed E-state index contributed by atoms with van der Waals surface area (Å²) in [5, 5.41) is 67.3. The van der Waals surface area contributed by atoms with Crippen molar-refractivity contribution >= 4 is 77.0 Å². The smallest absolute Gasteiger partial charge is 0.326 e. The zero-order chi connectivity index (χ0) is 57.7. The van der Waals surface area contributed by atoms with Gasteiger partial charge in [-0.25, -0.2) is 4.79 Å². The summed E-state index contributed by atoms with van der Waals surface area (Å²) in [5.41, 5.74) is 27.4. The highest BCUT2D eigenvalue weighted by molar-refractivity contribution is 5.99. The van der Waals surface area contributed by atoms with Crippen LogP contribution in [0.25, 0.3) is 0 Å². The molecule has 0 unspecified atom stereocenters. The van der Waals surface area contributed by atoms with Crippen molar-refractivity contribution in [1.29, 1.82) is 0 Å². The fourth-order valence-electron chi connectivity index (χ4n) is 6.87. The van der Waals surface area contributed by atoms with Crippen LogP contribution in [-0.4, -0.2) is 182 Å². The molecular weight excluding hydrogens is 999 g/mol. The molecule has 23 N–H and O–H groups in total. The van der Waals surface area contributed by atoms with Crippen LogP contribution in [0.2, 0.25) is 0 Å². The van der Waals surface area contributed by atoms with Crippen molar-refractivity contribution in [1.82, 2.24) is 42.5 Å². The van der Waals surface area contributed by atoms with Gasteiger partial charge in [-0.3, -0.25) is 57.5 Å². The molecule has 0 aliphatic carbocycles. The van der Waals surface area contributed by atoms with E-state index in [0.29, 0.717) is 19.3 Å². The highest BCUT2D eigenvalue weighted by Crippen LogP contribution is 2.11. The number of carbonyl (C=O) groups is 13. The van der Waals surface area contributed by atoms with E-state index in [9.17, 15) is 82.8 Å². The van der Waals surface area contributed by atoms with Crippen LogP contribution in [0.4, 0.5) is 0 Å². The molecule has 75 heavy (non-hydrogen) atoms. The number of hydrogen-bond donors (Lipinski definition) is 18. The zero-order valence-electron chi connectivity index (χ0n) is 42.5. The summed E-state index contributed by atoms with van der Waals surface area (Å²) in [6.45, 7) is 5.43. The number of unbranched alkanes of at least 4 members (excludes halogenated alkanes) is 2. The standard InChI is InChI=1S/C44H77N13O18/c1-20(2)33(41(71)57-35(22(4)59)43(73)54-28(44(74)75)19-30(49)61)55-40(70)26(12-14-29(48)60)51-38(68)27(13-16-32(64)65)52-37(67)24(9-5-7-17-45)53-42(72)34(21(3)58)56-39(69)25(10-6-8-18-46)50-36(66)23(47)11-15-31(62)63/h20-28,33-35,58-59H,5-19,45-47H2,1-4H3,(H2,48,60)(H2,49,61)(H,50,66)(H,51,68)(H,52,67)(H,53,72)(H,54,73)(H,55,70)(H,56,69)(H,57,71)(H,62,63)(H,64,65)(H,74,75)/t21-,22-,23+,24+,25+,26+,27+,28+,33+,34+,35+/m1/s1. The third-order valence-corrected chi connectivity index (χ3v) is 11.2. The molecule has 31 nitrogen and oxygen atoms in total. The van der Waals surface area contributed by atoms with Gasteiger partial charge in [0.1, 0.15) is 48.3 Å². The number of rotatable bonds is 39. The number of carboxylic acids is 3. The maximum Gasteiger partial charge on any atom is 0.326 e. The summed E-state index contributed by atoms with van der Waals surface area (Å²) in [6.07, 6.45) is -6.40. The Hall–Kier alpha value is -7.09. The van der Waals surface area contributed by atoms with Crippen LogP contribution in [0.3, 0.4) is 0 Å². The van der Waals surface area contributed by atoms with E-state index >= 15 is 0 Å². The number of aliphatic hydroxyl groups excluding tert-OH is 2. The number of primary amides is 2.